The van der Waals surface area contributed by atoms with E-state index in [2.05, 4.69) is 5.10 Å². The molecule has 4 rings (SSSR count). The summed E-state index contributed by atoms with van der Waals surface area (Å²) in [5.41, 5.74) is -0.735. The van der Waals surface area contributed by atoms with Crippen molar-refractivity contribution in [1.29, 1.82) is 0 Å². The van der Waals surface area contributed by atoms with Crippen molar-refractivity contribution >= 4 is 28.5 Å². The molecule has 0 fully saturated rings. The third-order valence-electron chi connectivity index (χ3n) is 5.25. The highest BCUT2D eigenvalue weighted by atomic mass is 19.4. The number of hydrogen-bond acceptors (Lipinski definition) is 4. The molecule has 0 bridgehead atoms. The Bertz CT molecular complexity index is 1470. The van der Waals surface area contributed by atoms with Crippen molar-refractivity contribution in [2.75, 3.05) is 5.43 Å². The van der Waals surface area contributed by atoms with Crippen LogP contribution in [0.2, 0.25) is 0 Å². The number of hydrazone groups is 1. The van der Waals surface area contributed by atoms with E-state index in [1.807, 2.05) is 0 Å². The molecule has 0 unspecified atom stereocenters. The van der Waals surface area contributed by atoms with Crippen LogP contribution in [0.25, 0.3) is 10.9 Å². The van der Waals surface area contributed by atoms with Gasteiger partial charge in [0.05, 0.1) is 11.1 Å². The molecule has 1 heterocycles. The lowest BCUT2D eigenvalue weighted by Gasteiger charge is -2.13. The second-order valence-electron chi connectivity index (χ2n) is 7.53. The van der Waals surface area contributed by atoms with Gasteiger partial charge in [0.25, 0.3) is 5.69 Å². The zero-order valence-corrected chi connectivity index (χ0v) is 17.8. The summed E-state index contributed by atoms with van der Waals surface area (Å²) in [6, 6.07) is 12.7. The number of anilines is 1. The first-order chi connectivity index (χ1) is 17.0. The Hall–Kier alpha value is -4.42. The summed E-state index contributed by atoms with van der Waals surface area (Å²) in [4.78, 5) is 10.3. The average molecular weight is 510 g/mol. The Morgan fingerprint density at radius 1 is 0.944 bits per heavy atom. The van der Waals surface area contributed by atoms with Crippen molar-refractivity contribution in [2.45, 2.75) is 12.7 Å². The molecule has 6 nitrogen and oxygen atoms in total. The van der Waals surface area contributed by atoms with Crippen LogP contribution in [0, 0.1) is 33.4 Å². The van der Waals surface area contributed by atoms with E-state index >= 15 is 0 Å². The number of nitro groups is 1. The maximum absolute atomic E-state index is 14.1. The third kappa shape index (κ3) is 4.59. The largest absolute Gasteiger partial charge is 0.422 e. The summed E-state index contributed by atoms with van der Waals surface area (Å²) in [6.45, 7) is 0.290. The highest BCUT2D eigenvalue weighted by Gasteiger charge is 2.42. The molecule has 4 aromatic rings. The number of hydrogen-bond donors (Lipinski definition) is 1. The molecule has 0 radical (unpaired) electrons. The van der Waals surface area contributed by atoms with Gasteiger partial charge in [-0.15, -0.1) is 0 Å². The summed E-state index contributed by atoms with van der Waals surface area (Å²) < 4.78 is 95.7. The Labute approximate surface area is 197 Å². The first-order valence-corrected chi connectivity index (χ1v) is 10.0. The monoisotopic (exact) mass is 510 g/mol. The molecule has 0 spiro atoms. The first-order valence-electron chi connectivity index (χ1n) is 10.0. The van der Waals surface area contributed by atoms with Crippen LogP contribution in [0.5, 0.6) is 0 Å². The van der Waals surface area contributed by atoms with Crippen LogP contribution < -0.4 is 5.43 Å². The molecule has 0 saturated heterocycles. The van der Waals surface area contributed by atoms with E-state index in [9.17, 15) is 40.8 Å². The number of aromatic nitrogens is 1. The summed E-state index contributed by atoms with van der Waals surface area (Å²) in [6.07, 6.45) is -2.98. The fourth-order valence-corrected chi connectivity index (χ4v) is 3.57. The van der Waals surface area contributed by atoms with Crippen LogP contribution in [-0.2, 0) is 12.7 Å². The summed E-state index contributed by atoms with van der Waals surface area (Å²) in [7, 11) is 0. The van der Waals surface area contributed by atoms with E-state index in [-0.39, 0.29) is 5.69 Å². The number of halogens is 7. The van der Waals surface area contributed by atoms with Crippen LogP contribution in [0.4, 0.5) is 42.1 Å². The number of alkyl halides is 3. The number of fused-ring (bicyclic) bond motifs is 1. The number of non-ortho nitro benzene ring substituents is 1. The van der Waals surface area contributed by atoms with Crippen molar-refractivity contribution in [3.05, 3.63) is 105 Å². The van der Waals surface area contributed by atoms with Gasteiger partial charge in [-0.1, -0.05) is 30.3 Å². The van der Waals surface area contributed by atoms with Gasteiger partial charge in [0, 0.05) is 41.3 Å². The highest BCUT2D eigenvalue weighted by Crippen LogP contribution is 2.38. The molecule has 0 aliphatic carbocycles. The standard InChI is InChI=1S/C23H13F7N4O2/c24-18-17(23(28,29)30)19(25)21(27)22(20(18)26)32-31-9-13-11-33(16-4-2-1-3-15(13)16)10-12-5-7-14(8-6-12)34(35)36/h1-9,11,32H,10H2. The molecular formula is C23H13F7N4O2. The lowest BCUT2D eigenvalue weighted by molar-refractivity contribution is -0.384. The molecule has 13 heteroatoms. The summed E-state index contributed by atoms with van der Waals surface area (Å²) in [5.74, 6) is -9.75. The van der Waals surface area contributed by atoms with Gasteiger partial charge in [0.1, 0.15) is 11.3 Å². The second kappa shape index (κ2) is 9.32. The van der Waals surface area contributed by atoms with Gasteiger partial charge >= 0.3 is 6.18 Å². The fraction of sp³-hybridized carbons (Fsp3) is 0.0870. The average Bonchev–Trinajstić information content (AvgIpc) is 3.17. The molecule has 3 aromatic carbocycles. The minimum atomic E-state index is -5.65. The lowest BCUT2D eigenvalue weighted by Crippen LogP contribution is -2.16. The van der Waals surface area contributed by atoms with Crippen molar-refractivity contribution in [3.63, 3.8) is 0 Å². The maximum atomic E-state index is 14.1. The molecule has 1 aromatic heterocycles. The molecule has 0 saturated carbocycles. The Kier molecular flexibility index (Phi) is 6.39. The molecule has 0 aliphatic heterocycles. The molecule has 0 amide bonds. The molecular weight excluding hydrogens is 497 g/mol. The Morgan fingerprint density at radius 2 is 1.56 bits per heavy atom. The van der Waals surface area contributed by atoms with Crippen LogP contribution in [-0.4, -0.2) is 15.7 Å². The van der Waals surface area contributed by atoms with Crippen molar-refractivity contribution < 1.29 is 35.7 Å². The van der Waals surface area contributed by atoms with E-state index in [0.717, 1.165) is 11.8 Å². The maximum Gasteiger partial charge on any atom is 0.422 e. The first kappa shape index (κ1) is 24.7. The number of para-hydroxylation sites is 1. The van der Waals surface area contributed by atoms with Gasteiger partial charge < -0.3 is 4.57 Å². The normalized spacial score (nSPS) is 12.0. The minimum absolute atomic E-state index is 0.0781. The Balaban J connectivity index is 1.64. The zero-order valence-electron chi connectivity index (χ0n) is 17.8. The number of rotatable bonds is 6. The van der Waals surface area contributed by atoms with Crippen LogP contribution >= 0.6 is 0 Å². The molecule has 0 atom stereocenters. The zero-order chi connectivity index (χ0) is 26.2. The van der Waals surface area contributed by atoms with Crippen molar-refractivity contribution in [1.82, 2.24) is 4.57 Å². The summed E-state index contributed by atoms with van der Waals surface area (Å²) >= 11 is 0. The van der Waals surface area contributed by atoms with E-state index in [1.54, 1.807) is 52.6 Å². The number of benzene rings is 3. The van der Waals surface area contributed by atoms with Crippen LogP contribution in [0.15, 0.2) is 59.8 Å². The van der Waals surface area contributed by atoms with Crippen molar-refractivity contribution in [2.24, 2.45) is 5.10 Å². The minimum Gasteiger partial charge on any atom is -0.342 e. The highest BCUT2D eigenvalue weighted by molar-refractivity contribution is 5.99. The Morgan fingerprint density at radius 3 is 2.14 bits per heavy atom. The van der Waals surface area contributed by atoms with E-state index in [4.69, 9.17) is 0 Å². The van der Waals surface area contributed by atoms with Gasteiger partial charge in [-0.25, -0.2) is 17.6 Å². The fourth-order valence-electron chi connectivity index (χ4n) is 3.57. The van der Waals surface area contributed by atoms with Crippen molar-refractivity contribution in [3.8, 4) is 0 Å². The summed E-state index contributed by atoms with van der Waals surface area (Å²) in [5, 5.41) is 15.0. The number of nitro benzene ring substituents is 1. The van der Waals surface area contributed by atoms with E-state index < -0.39 is 45.6 Å². The van der Waals surface area contributed by atoms with E-state index in [1.165, 1.54) is 12.1 Å². The molecule has 0 aliphatic rings. The van der Waals surface area contributed by atoms with Gasteiger partial charge in [-0.05, 0) is 11.6 Å². The van der Waals surface area contributed by atoms with Gasteiger partial charge in [-0.2, -0.15) is 18.3 Å². The molecule has 1 N–H and O–H groups in total. The van der Waals surface area contributed by atoms with Gasteiger partial charge in [0.2, 0.25) is 0 Å². The predicted molar refractivity (Wildman–Crippen MR) is 117 cm³/mol. The smallest absolute Gasteiger partial charge is 0.342 e. The second-order valence-corrected chi connectivity index (χ2v) is 7.53. The molecule has 186 valence electrons. The predicted octanol–water partition coefficient (Wildman–Crippen LogP) is 6.62. The number of nitrogens with one attached hydrogen (secondary N) is 1. The third-order valence-corrected chi connectivity index (χ3v) is 5.25. The van der Waals surface area contributed by atoms with E-state index in [0.29, 0.717) is 23.0 Å². The topological polar surface area (TPSA) is 72.5 Å². The van der Waals surface area contributed by atoms with Crippen LogP contribution in [0.3, 0.4) is 0 Å². The van der Waals surface area contributed by atoms with Gasteiger partial charge in [0.15, 0.2) is 23.3 Å². The molecule has 36 heavy (non-hydrogen) atoms. The quantitative estimate of drug-likeness (QED) is 0.104. The number of nitrogens with zero attached hydrogens (tertiary/aromatic N) is 3. The van der Waals surface area contributed by atoms with Crippen LogP contribution in [0.1, 0.15) is 16.7 Å². The SMILES string of the molecule is O=[N+]([O-])c1ccc(Cn2cc(C=NNc3c(F)c(F)c(C(F)(F)F)c(F)c3F)c3ccccc32)cc1. The van der Waals surface area contributed by atoms with Gasteiger partial charge in [-0.3, -0.25) is 15.5 Å². The lowest BCUT2D eigenvalue weighted by atomic mass is 10.1.